The number of aryl methyl sites for hydroxylation is 1. The standard InChI is InChI=1S/C29H35N3O5S/c1-5-19-30-29(34)23(3)31(20-24-14-10-9-13-22(24)2)28(33)21-32(26-17-11-12-18-27(26)37-4)38(35,36)25-15-7-6-8-16-25/h6-18,23H,5,19-21H2,1-4H3,(H,30,34)/t23-/m0/s1. The third-order valence-corrected chi connectivity index (χ3v) is 8.06. The van der Waals surface area contributed by atoms with Crippen LogP contribution < -0.4 is 14.4 Å². The van der Waals surface area contributed by atoms with E-state index in [2.05, 4.69) is 5.32 Å². The van der Waals surface area contributed by atoms with E-state index in [0.29, 0.717) is 12.3 Å². The Morgan fingerprint density at radius 3 is 2.24 bits per heavy atom. The highest BCUT2D eigenvalue weighted by Gasteiger charge is 2.33. The van der Waals surface area contributed by atoms with Crippen LogP contribution in [0.25, 0.3) is 0 Å². The Labute approximate surface area is 225 Å². The summed E-state index contributed by atoms with van der Waals surface area (Å²) in [6, 6.07) is 21.3. The second-order valence-corrected chi connectivity index (χ2v) is 10.8. The number of nitrogens with zero attached hydrogens (tertiary/aromatic N) is 2. The van der Waals surface area contributed by atoms with Gasteiger partial charge in [-0.3, -0.25) is 13.9 Å². The summed E-state index contributed by atoms with van der Waals surface area (Å²) in [7, 11) is -2.71. The summed E-state index contributed by atoms with van der Waals surface area (Å²) < 4.78 is 34.2. The summed E-state index contributed by atoms with van der Waals surface area (Å²) in [5.41, 5.74) is 2.06. The number of carbonyl (C=O) groups excluding carboxylic acids is 2. The van der Waals surface area contributed by atoms with Gasteiger partial charge in [-0.15, -0.1) is 0 Å². The second-order valence-electron chi connectivity index (χ2n) is 8.91. The fourth-order valence-corrected chi connectivity index (χ4v) is 5.46. The van der Waals surface area contributed by atoms with Crippen LogP contribution in [0, 0.1) is 6.92 Å². The van der Waals surface area contributed by atoms with E-state index in [1.54, 1.807) is 49.4 Å². The van der Waals surface area contributed by atoms with Gasteiger partial charge < -0.3 is 15.0 Å². The molecule has 202 valence electrons. The molecule has 0 saturated heterocycles. The number of methoxy groups -OCH3 is 1. The van der Waals surface area contributed by atoms with Gasteiger partial charge in [0.2, 0.25) is 11.8 Å². The molecule has 3 rings (SSSR count). The van der Waals surface area contributed by atoms with Crippen LogP contribution in [0.5, 0.6) is 5.75 Å². The summed E-state index contributed by atoms with van der Waals surface area (Å²) in [6.45, 7) is 5.64. The highest BCUT2D eigenvalue weighted by atomic mass is 32.2. The molecule has 2 amide bonds. The van der Waals surface area contributed by atoms with Crippen LogP contribution in [-0.4, -0.2) is 51.4 Å². The normalized spacial score (nSPS) is 11.9. The lowest BCUT2D eigenvalue weighted by atomic mass is 10.1. The Kier molecular flexibility index (Phi) is 9.90. The molecule has 0 aromatic heterocycles. The fourth-order valence-electron chi connectivity index (χ4n) is 4.02. The largest absolute Gasteiger partial charge is 0.495 e. The maximum Gasteiger partial charge on any atom is 0.264 e. The van der Waals surface area contributed by atoms with Gasteiger partial charge in [-0.1, -0.05) is 61.5 Å². The van der Waals surface area contributed by atoms with Crippen molar-refractivity contribution in [3.05, 3.63) is 90.0 Å². The van der Waals surface area contributed by atoms with Crippen LogP contribution >= 0.6 is 0 Å². The van der Waals surface area contributed by atoms with E-state index >= 15 is 0 Å². The third kappa shape index (κ3) is 6.72. The number of hydrogen-bond donors (Lipinski definition) is 1. The first-order chi connectivity index (χ1) is 18.2. The predicted molar refractivity (Wildman–Crippen MR) is 148 cm³/mol. The minimum atomic E-state index is -4.15. The number of rotatable bonds is 12. The van der Waals surface area contributed by atoms with Crippen molar-refractivity contribution in [1.29, 1.82) is 0 Å². The lowest BCUT2D eigenvalue weighted by Gasteiger charge is -2.32. The Morgan fingerprint density at radius 1 is 0.947 bits per heavy atom. The molecule has 0 heterocycles. The van der Waals surface area contributed by atoms with E-state index in [1.165, 1.54) is 24.1 Å². The van der Waals surface area contributed by atoms with Gasteiger partial charge in [-0.2, -0.15) is 0 Å². The lowest BCUT2D eigenvalue weighted by Crippen LogP contribution is -2.51. The molecule has 0 unspecified atom stereocenters. The van der Waals surface area contributed by atoms with Gasteiger partial charge in [0.1, 0.15) is 18.3 Å². The highest BCUT2D eigenvalue weighted by Crippen LogP contribution is 2.32. The van der Waals surface area contributed by atoms with E-state index < -0.39 is 28.5 Å². The number of ether oxygens (including phenoxy) is 1. The summed E-state index contributed by atoms with van der Waals surface area (Å²) in [4.78, 5) is 28.3. The SMILES string of the molecule is CCCNC(=O)[C@H](C)N(Cc1ccccc1C)C(=O)CN(c1ccccc1OC)S(=O)(=O)c1ccccc1. The van der Waals surface area contributed by atoms with Crippen LogP contribution in [0.2, 0.25) is 0 Å². The first-order valence-electron chi connectivity index (χ1n) is 12.5. The molecule has 1 atom stereocenters. The summed E-state index contributed by atoms with van der Waals surface area (Å²) in [5, 5.41) is 2.84. The van der Waals surface area contributed by atoms with Gasteiger partial charge in [0.05, 0.1) is 17.7 Å². The minimum absolute atomic E-state index is 0.0397. The van der Waals surface area contributed by atoms with Crippen molar-refractivity contribution in [2.45, 2.75) is 44.7 Å². The van der Waals surface area contributed by atoms with Crippen LogP contribution in [-0.2, 0) is 26.2 Å². The number of sulfonamides is 1. The van der Waals surface area contributed by atoms with Crippen molar-refractivity contribution < 1.29 is 22.7 Å². The van der Waals surface area contributed by atoms with Crippen molar-refractivity contribution in [2.75, 3.05) is 24.5 Å². The number of amides is 2. The fraction of sp³-hybridized carbons (Fsp3) is 0.310. The average Bonchev–Trinajstić information content (AvgIpc) is 2.94. The molecule has 0 aliphatic carbocycles. The molecule has 0 radical (unpaired) electrons. The van der Waals surface area contributed by atoms with Crippen LogP contribution in [0.1, 0.15) is 31.4 Å². The second kappa shape index (κ2) is 13.1. The molecule has 0 spiro atoms. The molecule has 3 aromatic rings. The third-order valence-electron chi connectivity index (χ3n) is 6.28. The maximum atomic E-state index is 13.9. The molecule has 9 heteroatoms. The predicted octanol–water partition coefficient (Wildman–Crippen LogP) is 4.14. The maximum absolute atomic E-state index is 13.9. The van der Waals surface area contributed by atoms with Crippen molar-refractivity contribution >= 4 is 27.5 Å². The van der Waals surface area contributed by atoms with Crippen LogP contribution in [0.3, 0.4) is 0 Å². The van der Waals surface area contributed by atoms with E-state index in [1.807, 2.05) is 38.1 Å². The van der Waals surface area contributed by atoms with Gasteiger partial charge in [0.15, 0.2) is 0 Å². The summed E-state index contributed by atoms with van der Waals surface area (Å²) >= 11 is 0. The molecular formula is C29H35N3O5S. The molecule has 0 bridgehead atoms. The Bertz CT molecular complexity index is 1350. The van der Waals surface area contributed by atoms with Gasteiger partial charge in [-0.25, -0.2) is 8.42 Å². The lowest BCUT2D eigenvalue weighted by molar-refractivity contribution is -0.139. The van der Waals surface area contributed by atoms with E-state index in [4.69, 9.17) is 4.74 Å². The zero-order valence-corrected chi connectivity index (χ0v) is 23.1. The van der Waals surface area contributed by atoms with Gasteiger partial charge in [-0.05, 0) is 55.7 Å². The zero-order chi connectivity index (χ0) is 27.7. The number of anilines is 1. The monoisotopic (exact) mass is 537 g/mol. The van der Waals surface area contributed by atoms with Crippen molar-refractivity contribution in [1.82, 2.24) is 10.2 Å². The summed E-state index contributed by atoms with van der Waals surface area (Å²) in [6.07, 6.45) is 0.751. The van der Waals surface area contributed by atoms with E-state index in [0.717, 1.165) is 21.9 Å². The average molecular weight is 538 g/mol. The molecule has 1 N–H and O–H groups in total. The van der Waals surface area contributed by atoms with Crippen LogP contribution in [0.15, 0.2) is 83.8 Å². The first-order valence-corrected chi connectivity index (χ1v) is 14.0. The smallest absolute Gasteiger partial charge is 0.264 e. The Balaban J connectivity index is 2.05. The summed E-state index contributed by atoms with van der Waals surface area (Å²) in [5.74, 6) is -0.514. The van der Waals surface area contributed by atoms with Gasteiger partial charge >= 0.3 is 0 Å². The number of nitrogens with one attached hydrogen (secondary N) is 1. The van der Waals surface area contributed by atoms with Gasteiger partial charge in [0, 0.05) is 13.1 Å². The molecule has 38 heavy (non-hydrogen) atoms. The number of carbonyl (C=O) groups is 2. The molecule has 0 fully saturated rings. The molecule has 0 saturated carbocycles. The first kappa shape index (κ1) is 28.7. The number of hydrogen-bond acceptors (Lipinski definition) is 5. The molecule has 0 aliphatic heterocycles. The van der Waals surface area contributed by atoms with Crippen molar-refractivity contribution in [2.24, 2.45) is 0 Å². The molecule has 0 aliphatic rings. The minimum Gasteiger partial charge on any atom is -0.495 e. The Morgan fingerprint density at radius 2 is 1.58 bits per heavy atom. The van der Waals surface area contributed by atoms with Crippen molar-refractivity contribution in [3.8, 4) is 5.75 Å². The molecule has 8 nitrogen and oxygen atoms in total. The quantitative estimate of drug-likeness (QED) is 0.375. The highest BCUT2D eigenvalue weighted by molar-refractivity contribution is 7.92. The molecule has 3 aromatic carbocycles. The topological polar surface area (TPSA) is 96.0 Å². The van der Waals surface area contributed by atoms with Crippen molar-refractivity contribution in [3.63, 3.8) is 0 Å². The Hall–Kier alpha value is -3.85. The van der Waals surface area contributed by atoms with E-state index in [9.17, 15) is 18.0 Å². The molecular weight excluding hydrogens is 502 g/mol. The van der Waals surface area contributed by atoms with Crippen LogP contribution in [0.4, 0.5) is 5.69 Å². The van der Waals surface area contributed by atoms with Gasteiger partial charge in [0.25, 0.3) is 10.0 Å². The number of benzene rings is 3. The number of para-hydroxylation sites is 2. The zero-order valence-electron chi connectivity index (χ0n) is 22.3. The van der Waals surface area contributed by atoms with E-state index in [-0.39, 0.29) is 23.0 Å².